The molecule has 6 fully saturated rings. The maximum atomic E-state index is 14.2. The van der Waals surface area contributed by atoms with Crippen LogP contribution in [0.2, 0.25) is 0 Å². The van der Waals surface area contributed by atoms with Crippen molar-refractivity contribution in [1.29, 1.82) is 0 Å². The number of aromatic hydroxyl groups is 1. The zero-order valence-electron chi connectivity index (χ0n) is 27.2. The van der Waals surface area contributed by atoms with Gasteiger partial charge in [-0.1, -0.05) is 0 Å². The van der Waals surface area contributed by atoms with Gasteiger partial charge in [-0.2, -0.15) is 0 Å². The Balaban J connectivity index is 1.21. The number of phenols is 1. The number of nitrogens with one attached hydrogen (secondary N) is 1. The number of anilines is 1. The largest absolute Gasteiger partial charge is 0.507 e. The van der Waals surface area contributed by atoms with Crippen LogP contribution >= 0.6 is 0 Å². The van der Waals surface area contributed by atoms with E-state index >= 15 is 0 Å². The van der Waals surface area contributed by atoms with Crippen molar-refractivity contribution < 1.29 is 34.2 Å². The van der Waals surface area contributed by atoms with Crippen LogP contribution in [0, 0.1) is 46.8 Å². The number of Topliss-reactive ketones (excluding diaryl/α,β-unsaturated/α-hetero) is 4. The van der Waals surface area contributed by atoms with Gasteiger partial charge in [-0.25, -0.2) is 0 Å². The lowest BCUT2D eigenvalue weighted by molar-refractivity contribution is -0.181. The van der Waals surface area contributed by atoms with Crippen LogP contribution in [0.5, 0.6) is 5.75 Å². The third-order valence-corrected chi connectivity index (χ3v) is 12.5. The molecule has 7 aliphatic carbocycles. The minimum atomic E-state index is -2.72. The molecular weight excluding hydrogens is 588 g/mol. The molecule has 4 bridgehead atoms. The lowest BCUT2D eigenvalue weighted by Crippen LogP contribution is -2.74. The Kier molecular flexibility index (Phi) is 7.30. The van der Waals surface area contributed by atoms with E-state index in [9.17, 15) is 34.2 Å². The van der Waals surface area contributed by atoms with Crippen LogP contribution in [0.25, 0.3) is 0 Å². The molecule has 0 heterocycles. The molecule has 0 aromatic heterocycles. The first-order valence-corrected chi connectivity index (χ1v) is 16.8. The highest BCUT2D eigenvalue weighted by Gasteiger charge is 2.69. The summed E-state index contributed by atoms with van der Waals surface area (Å²) in [6, 6.07) is 0.475. The van der Waals surface area contributed by atoms with Crippen LogP contribution in [0.4, 0.5) is 5.69 Å². The molecule has 7 aliphatic rings. The number of amides is 1. The summed E-state index contributed by atoms with van der Waals surface area (Å²) in [5, 5.41) is 26.8. The molecule has 8 rings (SSSR count). The molecular formula is C35H46N4O7. The molecule has 11 heteroatoms. The van der Waals surface area contributed by atoms with E-state index in [2.05, 4.69) is 5.32 Å². The highest BCUT2D eigenvalue weighted by atomic mass is 16.3. The quantitative estimate of drug-likeness (QED) is 0.320. The van der Waals surface area contributed by atoms with Crippen LogP contribution < -0.4 is 16.0 Å². The normalized spacial score (nSPS) is 39.3. The average Bonchev–Trinajstić information content (AvgIpc) is 2.93. The Morgan fingerprint density at radius 2 is 1.59 bits per heavy atom. The summed E-state index contributed by atoms with van der Waals surface area (Å²) in [5.74, 6) is -7.76. The van der Waals surface area contributed by atoms with Gasteiger partial charge in [0.2, 0.25) is 5.91 Å². The molecule has 2 unspecified atom stereocenters. The molecule has 1 aromatic rings. The minimum absolute atomic E-state index is 0.0279. The number of ketones is 4. The molecule has 46 heavy (non-hydrogen) atoms. The van der Waals surface area contributed by atoms with Gasteiger partial charge in [0.25, 0.3) is 0 Å². The highest BCUT2D eigenvalue weighted by molar-refractivity contribution is 6.32. The van der Waals surface area contributed by atoms with Crippen LogP contribution in [-0.4, -0.2) is 90.5 Å². The topological polar surface area (TPSA) is 170 Å². The number of rotatable bonds is 7. The fraction of sp³-hybridized carbons (Fsp3) is 0.686. The number of fused-ring (bicyclic) bond motifs is 3. The molecule has 5 N–H and O–H groups in total. The average molecular weight is 635 g/mol. The maximum Gasteiger partial charge on any atom is 0.235 e. The number of nitrogens with two attached hydrogens (primary N) is 1. The summed E-state index contributed by atoms with van der Waals surface area (Å²) in [4.78, 5) is 70.8. The monoisotopic (exact) mass is 634 g/mol. The van der Waals surface area contributed by atoms with E-state index in [-0.39, 0.29) is 24.2 Å². The minimum Gasteiger partial charge on any atom is -0.507 e. The summed E-state index contributed by atoms with van der Waals surface area (Å²) in [6.07, 6.45) is 8.25. The number of primary amides is 1. The van der Waals surface area contributed by atoms with Gasteiger partial charge in [0.05, 0.1) is 17.5 Å². The van der Waals surface area contributed by atoms with Crippen LogP contribution in [-0.2, 0) is 32.1 Å². The molecule has 1 aromatic carbocycles. The van der Waals surface area contributed by atoms with Crippen molar-refractivity contribution in [3.8, 4) is 5.75 Å². The highest BCUT2D eigenvalue weighted by Crippen LogP contribution is 2.60. The van der Waals surface area contributed by atoms with Crippen molar-refractivity contribution in [2.24, 2.45) is 52.6 Å². The van der Waals surface area contributed by atoms with Gasteiger partial charge in [-0.15, -0.1) is 0 Å². The van der Waals surface area contributed by atoms with Crippen LogP contribution in [0.1, 0.15) is 66.4 Å². The zero-order chi connectivity index (χ0) is 33.0. The lowest BCUT2D eigenvalue weighted by Gasteiger charge is -2.57. The Labute approximate surface area is 269 Å². The zero-order valence-corrected chi connectivity index (χ0v) is 27.2. The summed E-state index contributed by atoms with van der Waals surface area (Å²) in [6.45, 7) is 1.43. The third-order valence-electron chi connectivity index (χ3n) is 12.5. The van der Waals surface area contributed by atoms with Gasteiger partial charge in [0.15, 0.2) is 34.7 Å². The molecule has 248 valence electrons. The summed E-state index contributed by atoms with van der Waals surface area (Å²) in [5.41, 5.74) is 5.34. The second kappa shape index (κ2) is 10.7. The van der Waals surface area contributed by atoms with Crippen LogP contribution in [0.15, 0.2) is 6.07 Å². The number of phenolic OH excluding ortho intramolecular Hbond substituents is 1. The van der Waals surface area contributed by atoms with E-state index < -0.39 is 64.4 Å². The molecule has 6 atom stereocenters. The number of carbonyl (C=O) groups excluding carboxylic acids is 5. The molecule has 1 amide bonds. The Morgan fingerprint density at radius 3 is 2.13 bits per heavy atom. The fourth-order valence-corrected chi connectivity index (χ4v) is 11.4. The molecule has 0 aliphatic heterocycles. The first kappa shape index (κ1) is 31.4. The number of hydrogen-bond donors (Lipinski definition) is 4. The van der Waals surface area contributed by atoms with E-state index in [1.807, 2.05) is 19.0 Å². The number of nitrogens with zero attached hydrogens (tertiary/aromatic N) is 2. The van der Waals surface area contributed by atoms with Crippen molar-refractivity contribution >= 4 is 34.7 Å². The van der Waals surface area contributed by atoms with E-state index in [0.29, 0.717) is 17.5 Å². The van der Waals surface area contributed by atoms with Crippen LogP contribution in [0.3, 0.4) is 0 Å². The predicted molar refractivity (Wildman–Crippen MR) is 168 cm³/mol. The number of benzene rings is 1. The smallest absolute Gasteiger partial charge is 0.235 e. The van der Waals surface area contributed by atoms with Gasteiger partial charge < -0.3 is 26.2 Å². The summed E-state index contributed by atoms with van der Waals surface area (Å²) >= 11 is 0. The molecule has 0 spiro atoms. The maximum absolute atomic E-state index is 14.2. The molecule has 0 radical (unpaired) electrons. The number of aliphatic hydroxyl groups is 1. The second-order valence-electron chi connectivity index (χ2n) is 16.0. The fourth-order valence-electron chi connectivity index (χ4n) is 11.4. The number of carbonyl (C=O) groups is 5. The first-order chi connectivity index (χ1) is 21.7. The van der Waals surface area contributed by atoms with Crippen molar-refractivity contribution in [2.45, 2.75) is 69.6 Å². The summed E-state index contributed by atoms with van der Waals surface area (Å²) < 4.78 is 0. The first-order valence-electron chi connectivity index (χ1n) is 16.8. The Morgan fingerprint density at radius 1 is 0.978 bits per heavy atom. The third kappa shape index (κ3) is 4.44. The van der Waals surface area contributed by atoms with Gasteiger partial charge in [-0.05, 0) is 112 Å². The van der Waals surface area contributed by atoms with E-state index in [1.165, 1.54) is 43.4 Å². The Bertz CT molecular complexity index is 1520. The van der Waals surface area contributed by atoms with Gasteiger partial charge >= 0.3 is 0 Å². The second-order valence-corrected chi connectivity index (χ2v) is 16.0. The lowest BCUT2D eigenvalue weighted by atomic mass is 9.49. The number of likely N-dealkylation sites (N-methyl/N-ethyl adjacent to an activating group) is 1. The SMILES string of the molecule is CN(C)c1c(CNCC23CC4CC(CC(C4)C2)C3)cc(O)c2c1C[C@H]1C[C@H]3[C@H](N(C)C)C(=O)C(C(N)=O)C(=O)[C@@]3(O)C(=O)C1C2=O. The van der Waals surface area contributed by atoms with Crippen molar-refractivity contribution in [1.82, 2.24) is 10.2 Å². The Hall–Kier alpha value is -3.15. The van der Waals surface area contributed by atoms with E-state index in [4.69, 9.17) is 5.73 Å². The van der Waals surface area contributed by atoms with Crippen molar-refractivity contribution in [2.75, 3.05) is 39.6 Å². The molecule has 11 nitrogen and oxygen atoms in total. The van der Waals surface area contributed by atoms with E-state index in [0.717, 1.165) is 35.5 Å². The van der Waals surface area contributed by atoms with Crippen molar-refractivity contribution in [3.05, 3.63) is 22.8 Å². The van der Waals surface area contributed by atoms with Crippen molar-refractivity contribution in [3.63, 3.8) is 0 Å². The van der Waals surface area contributed by atoms with Gasteiger partial charge in [-0.3, -0.25) is 28.9 Å². The van der Waals surface area contributed by atoms with E-state index in [1.54, 1.807) is 20.2 Å². The molecule has 6 saturated carbocycles. The standard InChI is InChI=1S/C35H46N4O7/c1-38(2)27-20(14-37-15-34-11-16-5-17(12-34)7-18(6-16)13-34)10-23(40)25-21(27)8-19-9-22-28(39(3)4)30(42)26(33(36)45)32(44)35(22,46)31(43)24(19)29(25)41/h10,16-19,22,24,26,28,37,40,46H,5-9,11-15H2,1-4H3,(H2,36,45)/t16?,17?,18?,19-,22-,24?,26?,28-,34?,35-/m0/s1. The predicted octanol–water partition coefficient (Wildman–Crippen LogP) is 1.24. The van der Waals surface area contributed by atoms with Gasteiger partial charge in [0, 0.05) is 38.8 Å². The summed E-state index contributed by atoms with van der Waals surface area (Å²) in [7, 11) is 6.95. The van der Waals surface area contributed by atoms with Gasteiger partial charge in [0.1, 0.15) is 5.75 Å². The number of hydrogen-bond acceptors (Lipinski definition) is 10. The molecule has 0 saturated heterocycles.